The molecule has 1 aliphatic rings. The molecule has 1 aromatic rings. The number of hydrogen-bond donors (Lipinski definition) is 2. The fourth-order valence-corrected chi connectivity index (χ4v) is 3.39. The van der Waals surface area contributed by atoms with Crippen LogP contribution in [-0.4, -0.2) is 86.3 Å². The molecule has 0 bridgehead atoms. The van der Waals surface area contributed by atoms with E-state index in [0.29, 0.717) is 43.9 Å². The Balaban J connectivity index is 1.85. The number of alkyl carbamates (subject to hydrolysis) is 2. The van der Waals surface area contributed by atoms with Crippen molar-refractivity contribution in [3.8, 4) is 0 Å². The van der Waals surface area contributed by atoms with E-state index in [4.69, 9.17) is 9.47 Å². The molecule has 1 heterocycles. The number of fused-ring (bicyclic) bond motifs is 1. The number of amides is 4. The molecule has 0 aliphatic carbocycles. The first-order valence-corrected chi connectivity index (χ1v) is 12.0. The van der Waals surface area contributed by atoms with Gasteiger partial charge in [-0.25, -0.2) is 9.59 Å². The monoisotopic (exact) mass is 476 g/mol. The first-order chi connectivity index (χ1) is 16.5. The molecule has 0 saturated heterocycles. The number of carbonyl (C=O) groups excluding carboxylic acids is 4. The Hall–Kier alpha value is -3.14. The minimum Gasteiger partial charge on any atom is -0.448 e. The van der Waals surface area contributed by atoms with Crippen LogP contribution < -0.4 is 10.6 Å². The molecule has 2 rings (SSSR count). The fourth-order valence-electron chi connectivity index (χ4n) is 3.39. The number of imide groups is 1. The summed E-state index contributed by atoms with van der Waals surface area (Å²) < 4.78 is 10.4. The third-order valence-corrected chi connectivity index (χ3v) is 5.40. The van der Waals surface area contributed by atoms with Crippen LogP contribution in [0.1, 0.15) is 60.2 Å². The summed E-state index contributed by atoms with van der Waals surface area (Å²) in [6, 6.07) is 6.74. The first-order valence-electron chi connectivity index (χ1n) is 12.0. The molecule has 0 saturated carbocycles. The zero-order valence-corrected chi connectivity index (χ0v) is 20.1. The molecule has 0 fully saturated rings. The summed E-state index contributed by atoms with van der Waals surface area (Å²) in [6.07, 6.45) is 2.72. The Bertz CT molecular complexity index is 768. The Morgan fingerprint density at radius 1 is 0.824 bits per heavy atom. The van der Waals surface area contributed by atoms with Gasteiger partial charge >= 0.3 is 12.2 Å². The number of carbonyl (C=O) groups is 4. The summed E-state index contributed by atoms with van der Waals surface area (Å²) in [6.45, 7) is 6.70. The third kappa shape index (κ3) is 8.66. The van der Waals surface area contributed by atoms with Gasteiger partial charge in [-0.15, -0.1) is 0 Å². The van der Waals surface area contributed by atoms with E-state index < -0.39 is 12.2 Å². The van der Waals surface area contributed by atoms with Crippen LogP contribution in [0, 0.1) is 0 Å². The van der Waals surface area contributed by atoms with Crippen LogP contribution in [0.15, 0.2) is 24.3 Å². The van der Waals surface area contributed by atoms with Crippen LogP contribution >= 0.6 is 0 Å². The quantitative estimate of drug-likeness (QED) is 0.295. The topological polar surface area (TPSA) is 117 Å². The molecule has 1 aromatic carbocycles. The Kier molecular flexibility index (Phi) is 11.9. The summed E-state index contributed by atoms with van der Waals surface area (Å²) in [5.74, 6) is -0.641. The first kappa shape index (κ1) is 27.1. The van der Waals surface area contributed by atoms with Crippen molar-refractivity contribution in [3.63, 3.8) is 0 Å². The highest BCUT2D eigenvalue weighted by atomic mass is 16.6. The molecule has 0 atom stereocenters. The van der Waals surface area contributed by atoms with Crippen molar-refractivity contribution in [3.05, 3.63) is 35.4 Å². The lowest BCUT2D eigenvalue weighted by Gasteiger charge is -2.24. The largest absolute Gasteiger partial charge is 0.448 e. The molecule has 34 heavy (non-hydrogen) atoms. The van der Waals surface area contributed by atoms with Crippen molar-refractivity contribution in [1.29, 1.82) is 0 Å². The zero-order valence-electron chi connectivity index (χ0n) is 20.1. The van der Waals surface area contributed by atoms with Gasteiger partial charge in [0, 0.05) is 39.3 Å². The van der Waals surface area contributed by atoms with Gasteiger partial charge in [-0.1, -0.05) is 38.8 Å². The lowest BCUT2D eigenvalue weighted by atomic mass is 10.1. The van der Waals surface area contributed by atoms with Crippen LogP contribution in [0.4, 0.5) is 9.59 Å². The average Bonchev–Trinajstić information content (AvgIpc) is 3.07. The van der Waals surface area contributed by atoms with Crippen LogP contribution in [0.3, 0.4) is 0 Å². The van der Waals surface area contributed by atoms with E-state index in [9.17, 15) is 19.2 Å². The second kappa shape index (κ2) is 14.9. The summed E-state index contributed by atoms with van der Waals surface area (Å²) >= 11 is 0. The Morgan fingerprint density at radius 3 is 1.74 bits per heavy atom. The maximum absolute atomic E-state index is 12.6. The number of nitrogens with one attached hydrogen (secondary N) is 2. The van der Waals surface area contributed by atoms with Gasteiger partial charge in [-0.2, -0.15) is 0 Å². The highest BCUT2D eigenvalue weighted by Crippen LogP contribution is 2.22. The summed E-state index contributed by atoms with van der Waals surface area (Å²) in [7, 11) is 0. The molecule has 2 N–H and O–H groups in total. The van der Waals surface area contributed by atoms with Crippen molar-refractivity contribution in [2.24, 2.45) is 0 Å². The van der Waals surface area contributed by atoms with Crippen molar-refractivity contribution >= 4 is 24.0 Å². The van der Waals surface area contributed by atoms with Gasteiger partial charge in [0.15, 0.2) is 0 Å². The normalized spacial score (nSPS) is 12.6. The molecular formula is C24H36N4O6. The van der Waals surface area contributed by atoms with Crippen LogP contribution in [0.25, 0.3) is 0 Å². The molecular weight excluding hydrogens is 440 g/mol. The minimum atomic E-state index is -0.486. The van der Waals surface area contributed by atoms with Gasteiger partial charge in [0.05, 0.1) is 11.1 Å². The minimum absolute atomic E-state index is 0.128. The number of nitrogens with zero attached hydrogens (tertiary/aromatic N) is 2. The van der Waals surface area contributed by atoms with Crippen LogP contribution in [0.5, 0.6) is 0 Å². The van der Waals surface area contributed by atoms with Gasteiger partial charge in [0.1, 0.15) is 13.2 Å². The predicted octanol–water partition coefficient (Wildman–Crippen LogP) is 2.64. The predicted molar refractivity (Wildman–Crippen MR) is 127 cm³/mol. The summed E-state index contributed by atoms with van der Waals surface area (Å²) in [5, 5.41) is 5.37. The molecule has 4 amide bonds. The number of hydrogen-bond acceptors (Lipinski definition) is 7. The highest BCUT2D eigenvalue weighted by Gasteiger charge is 2.34. The van der Waals surface area contributed by atoms with Crippen molar-refractivity contribution in [2.45, 2.75) is 39.5 Å². The molecule has 10 nitrogen and oxygen atoms in total. The number of unbranched alkanes of at least 4 members (excludes halogenated alkanes) is 2. The summed E-state index contributed by atoms with van der Waals surface area (Å²) in [5.41, 5.74) is 0.802. The van der Waals surface area contributed by atoms with Crippen molar-refractivity contribution in [2.75, 3.05) is 52.5 Å². The smallest absolute Gasteiger partial charge is 0.407 e. The number of rotatable bonds is 15. The standard InChI is InChI=1S/C24H36N4O6/c1-3-5-11-25-23(31)33-17-15-27(16-18-34-24(32)26-12-6-4-2)13-14-28-21(29)19-9-7-8-10-20(19)22(28)30/h7-10H,3-6,11-18H2,1-2H3,(H,25,31)(H,26,32). The van der Waals surface area contributed by atoms with E-state index in [1.807, 2.05) is 18.7 Å². The van der Waals surface area contributed by atoms with Gasteiger partial charge in [-0.3, -0.25) is 19.4 Å². The van der Waals surface area contributed by atoms with Crippen LogP contribution in [-0.2, 0) is 9.47 Å². The van der Waals surface area contributed by atoms with Crippen molar-refractivity contribution in [1.82, 2.24) is 20.4 Å². The van der Waals surface area contributed by atoms with E-state index in [2.05, 4.69) is 10.6 Å². The highest BCUT2D eigenvalue weighted by molar-refractivity contribution is 6.21. The third-order valence-electron chi connectivity index (χ3n) is 5.40. The fraction of sp³-hybridized carbons (Fsp3) is 0.583. The maximum Gasteiger partial charge on any atom is 0.407 e. The van der Waals surface area contributed by atoms with Gasteiger partial charge < -0.3 is 20.1 Å². The molecule has 0 aromatic heterocycles. The molecule has 0 radical (unpaired) electrons. The SMILES string of the molecule is CCCCNC(=O)OCCN(CCOC(=O)NCCCC)CCN1C(=O)c2ccccc2C1=O. The zero-order chi connectivity index (χ0) is 24.8. The Morgan fingerprint density at radius 2 is 1.29 bits per heavy atom. The number of ether oxygens (including phenoxy) is 2. The number of benzene rings is 1. The average molecular weight is 477 g/mol. The molecule has 10 heteroatoms. The van der Waals surface area contributed by atoms with Crippen molar-refractivity contribution < 1.29 is 28.7 Å². The second-order valence-corrected chi connectivity index (χ2v) is 7.98. The van der Waals surface area contributed by atoms with E-state index in [0.717, 1.165) is 25.7 Å². The lowest BCUT2D eigenvalue weighted by Crippen LogP contribution is -2.41. The second-order valence-electron chi connectivity index (χ2n) is 7.98. The maximum atomic E-state index is 12.6. The molecule has 188 valence electrons. The van der Waals surface area contributed by atoms with Crippen LogP contribution in [0.2, 0.25) is 0 Å². The van der Waals surface area contributed by atoms with E-state index in [1.54, 1.807) is 24.3 Å². The molecule has 0 unspecified atom stereocenters. The van der Waals surface area contributed by atoms with Gasteiger partial charge in [0.25, 0.3) is 11.8 Å². The van der Waals surface area contributed by atoms with Gasteiger partial charge in [0.2, 0.25) is 0 Å². The summed E-state index contributed by atoms with van der Waals surface area (Å²) in [4.78, 5) is 51.9. The Labute approximate surface area is 200 Å². The van der Waals surface area contributed by atoms with E-state index in [1.165, 1.54) is 4.90 Å². The van der Waals surface area contributed by atoms with Gasteiger partial charge in [-0.05, 0) is 25.0 Å². The van der Waals surface area contributed by atoms with E-state index in [-0.39, 0.29) is 31.6 Å². The molecule has 0 spiro atoms. The van der Waals surface area contributed by atoms with E-state index >= 15 is 0 Å². The lowest BCUT2D eigenvalue weighted by molar-refractivity contribution is 0.0621. The molecule has 1 aliphatic heterocycles.